The predicted octanol–water partition coefficient (Wildman–Crippen LogP) is 23.2. The summed E-state index contributed by atoms with van der Waals surface area (Å²) in [7, 11) is -9.92. The quantitative estimate of drug-likeness (QED) is 0.0222. The molecule has 0 aromatic rings. The number of phosphoric ester groups is 2. The fourth-order valence-electron chi connectivity index (χ4n) is 12.0. The van der Waals surface area contributed by atoms with E-state index >= 15 is 0 Å². The second kappa shape index (κ2) is 68.2. The SMILES string of the molecule is CCC(C)CCCCCCCCCCCCC(=O)OC[C@H](COP(=O)(O)OCC(O)COP(=O)(O)OC[C@@H](COC(=O)CCCCCCCCCC(C)C)OC(=O)CCCCCCCCCCCCCCCCCC(C)C)OC(=O)CCCCCCCCCCCCCCCC(C)C. The van der Waals surface area contributed by atoms with Gasteiger partial charge in [-0.1, -0.05) is 351 Å². The summed E-state index contributed by atoms with van der Waals surface area (Å²) in [5.74, 6) is 0.987. The van der Waals surface area contributed by atoms with Gasteiger partial charge in [0, 0.05) is 25.7 Å². The van der Waals surface area contributed by atoms with Gasteiger partial charge in [0.15, 0.2) is 12.2 Å². The van der Waals surface area contributed by atoms with Crippen LogP contribution in [0.5, 0.6) is 0 Å². The zero-order valence-corrected chi connectivity index (χ0v) is 66.2. The number of esters is 4. The monoisotopic (exact) mass is 1440 g/mol. The number of hydrogen-bond donors (Lipinski definition) is 3. The first-order chi connectivity index (χ1) is 47.1. The third-order valence-electron chi connectivity index (χ3n) is 18.7. The van der Waals surface area contributed by atoms with Gasteiger partial charge in [-0.2, -0.15) is 0 Å². The molecule has 4 unspecified atom stereocenters. The summed E-state index contributed by atoms with van der Waals surface area (Å²) in [5, 5.41) is 10.6. The fourth-order valence-corrected chi connectivity index (χ4v) is 13.6. The van der Waals surface area contributed by atoms with Crippen LogP contribution in [-0.4, -0.2) is 96.7 Å². The number of phosphoric acid groups is 2. The zero-order valence-electron chi connectivity index (χ0n) is 64.4. The molecule has 0 amide bonds. The van der Waals surface area contributed by atoms with Crippen LogP contribution >= 0.6 is 15.6 Å². The molecule has 0 spiro atoms. The molecule has 0 bridgehead atoms. The highest BCUT2D eigenvalue weighted by atomic mass is 31.2. The van der Waals surface area contributed by atoms with Crippen molar-refractivity contribution in [2.45, 2.75) is 420 Å². The van der Waals surface area contributed by atoms with E-state index in [1.807, 2.05) is 0 Å². The van der Waals surface area contributed by atoms with E-state index in [1.54, 1.807) is 0 Å². The minimum Gasteiger partial charge on any atom is -0.462 e. The molecule has 0 heterocycles. The van der Waals surface area contributed by atoms with Crippen molar-refractivity contribution in [3.63, 3.8) is 0 Å². The Morgan fingerprint density at radius 1 is 0.286 bits per heavy atom. The molecule has 0 aliphatic carbocycles. The Balaban J connectivity index is 5.25. The summed E-state index contributed by atoms with van der Waals surface area (Å²) in [4.78, 5) is 72.9. The molecule has 19 heteroatoms. The van der Waals surface area contributed by atoms with Crippen molar-refractivity contribution in [2.24, 2.45) is 23.7 Å². The molecule has 17 nitrogen and oxygen atoms in total. The van der Waals surface area contributed by atoms with Gasteiger partial charge in [0.05, 0.1) is 26.4 Å². The smallest absolute Gasteiger partial charge is 0.462 e. The van der Waals surface area contributed by atoms with Crippen molar-refractivity contribution < 1.29 is 80.2 Å². The Labute approximate surface area is 600 Å². The molecule has 0 saturated heterocycles. The highest BCUT2D eigenvalue weighted by molar-refractivity contribution is 7.47. The third kappa shape index (κ3) is 71.1. The fraction of sp³-hybridized carbons (Fsp3) is 0.949. The largest absolute Gasteiger partial charge is 0.472 e. The molecule has 0 radical (unpaired) electrons. The Bertz CT molecular complexity index is 1920. The Morgan fingerprint density at radius 3 is 0.724 bits per heavy atom. The lowest BCUT2D eigenvalue weighted by molar-refractivity contribution is -0.161. The van der Waals surface area contributed by atoms with E-state index in [0.29, 0.717) is 31.6 Å². The lowest BCUT2D eigenvalue weighted by atomic mass is 9.99. The molecule has 0 aromatic heterocycles. The summed E-state index contributed by atoms with van der Waals surface area (Å²) in [6.07, 6.45) is 54.1. The zero-order chi connectivity index (χ0) is 72.4. The molecule has 0 aromatic carbocycles. The number of carbonyl (C=O) groups is 4. The van der Waals surface area contributed by atoms with Gasteiger partial charge in [-0.05, 0) is 49.4 Å². The van der Waals surface area contributed by atoms with Gasteiger partial charge >= 0.3 is 39.5 Å². The number of carbonyl (C=O) groups excluding carboxylic acids is 4. The second-order valence-electron chi connectivity index (χ2n) is 30.1. The summed E-state index contributed by atoms with van der Waals surface area (Å²) >= 11 is 0. The lowest BCUT2D eigenvalue weighted by Crippen LogP contribution is -2.30. The highest BCUT2D eigenvalue weighted by Gasteiger charge is 2.30. The van der Waals surface area contributed by atoms with Crippen LogP contribution in [0.15, 0.2) is 0 Å². The van der Waals surface area contributed by atoms with E-state index in [2.05, 4.69) is 55.4 Å². The first-order valence-electron chi connectivity index (χ1n) is 40.7. The van der Waals surface area contributed by atoms with Crippen LogP contribution in [0.1, 0.15) is 402 Å². The van der Waals surface area contributed by atoms with Crippen molar-refractivity contribution in [2.75, 3.05) is 39.6 Å². The van der Waals surface area contributed by atoms with E-state index < -0.39 is 97.5 Å². The average Bonchev–Trinajstić information content (AvgIpc) is 1.11. The first kappa shape index (κ1) is 96.1. The highest BCUT2D eigenvalue weighted by Crippen LogP contribution is 2.45. The summed E-state index contributed by atoms with van der Waals surface area (Å²) < 4.78 is 68.7. The van der Waals surface area contributed by atoms with Crippen molar-refractivity contribution in [1.29, 1.82) is 0 Å². The molecule has 6 atom stereocenters. The van der Waals surface area contributed by atoms with E-state index in [0.717, 1.165) is 114 Å². The number of aliphatic hydroxyl groups excluding tert-OH is 1. The van der Waals surface area contributed by atoms with E-state index in [1.165, 1.54) is 199 Å². The van der Waals surface area contributed by atoms with Gasteiger partial charge in [-0.3, -0.25) is 37.3 Å². The minimum atomic E-state index is -4.96. The minimum absolute atomic E-state index is 0.107. The normalized spacial score (nSPS) is 14.3. The van der Waals surface area contributed by atoms with Crippen LogP contribution in [0.3, 0.4) is 0 Å². The van der Waals surface area contributed by atoms with Crippen LogP contribution in [0, 0.1) is 23.7 Å². The summed E-state index contributed by atoms with van der Waals surface area (Å²) in [6, 6.07) is 0. The molecular formula is C79H154O17P2. The first-order valence-corrected chi connectivity index (χ1v) is 43.7. The topological polar surface area (TPSA) is 237 Å². The molecule has 3 N–H and O–H groups in total. The van der Waals surface area contributed by atoms with Crippen molar-refractivity contribution >= 4 is 39.5 Å². The number of ether oxygens (including phenoxy) is 4. The molecule has 98 heavy (non-hydrogen) atoms. The second-order valence-corrected chi connectivity index (χ2v) is 33.0. The van der Waals surface area contributed by atoms with Crippen molar-refractivity contribution in [1.82, 2.24) is 0 Å². The molecule has 0 aliphatic heterocycles. The standard InChI is InChI=1S/C79H154O17P2/c1-9-72(8)58-50-42-34-26-22-23-27-35-43-51-59-76(81)89-65-74(95-78(83)62-54-46-37-29-21-17-13-15-19-25-32-40-48-56-70(4)5)67-93-97(85,86)91-63-73(80)64-92-98(87,88)94-68-75(66-90-77(82)60-52-44-38-30-33-41-49-57-71(6)7)96-79(84)61-53-45-36-28-20-16-12-10-11-14-18-24-31-39-47-55-69(2)3/h69-75,80H,9-68H2,1-8H3,(H,85,86)(H,87,88)/t72?,73?,74-,75-/m1/s1. The van der Waals surface area contributed by atoms with Gasteiger partial charge < -0.3 is 33.8 Å². The van der Waals surface area contributed by atoms with Crippen molar-refractivity contribution in [3.8, 4) is 0 Å². The van der Waals surface area contributed by atoms with Gasteiger partial charge in [-0.15, -0.1) is 0 Å². The summed E-state index contributed by atoms with van der Waals surface area (Å²) in [6.45, 7) is 14.2. The Kier molecular flexibility index (Phi) is 66.8. The predicted molar refractivity (Wildman–Crippen MR) is 400 cm³/mol. The lowest BCUT2D eigenvalue weighted by Gasteiger charge is -2.21. The van der Waals surface area contributed by atoms with Gasteiger partial charge in [0.25, 0.3) is 0 Å². The van der Waals surface area contributed by atoms with E-state index in [9.17, 15) is 43.2 Å². The van der Waals surface area contributed by atoms with Crippen LogP contribution in [0.2, 0.25) is 0 Å². The molecular weight excluding hydrogens is 1280 g/mol. The van der Waals surface area contributed by atoms with Crippen LogP contribution in [0.4, 0.5) is 0 Å². The van der Waals surface area contributed by atoms with Crippen LogP contribution < -0.4 is 0 Å². The maximum atomic E-state index is 13.1. The van der Waals surface area contributed by atoms with Gasteiger partial charge in [0.1, 0.15) is 19.3 Å². The molecule has 582 valence electrons. The maximum absolute atomic E-state index is 13.1. The van der Waals surface area contributed by atoms with Crippen LogP contribution in [-0.2, 0) is 65.4 Å². The van der Waals surface area contributed by atoms with Gasteiger partial charge in [0.2, 0.25) is 0 Å². The Hall–Kier alpha value is -1.94. The number of hydrogen-bond acceptors (Lipinski definition) is 15. The molecule has 0 rings (SSSR count). The Morgan fingerprint density at radius 2 is 0.490 bits per heavy atom. The number of unbranched alkanes of at least 4 members (excludes halogenated alkanes) is 41. The molecule has 0 saturated carbocycles. The van der Waals surface area contributed by atoms with E-state index in [4.69, 9.17) is 37.0 Å². The number of rotatable bonds is 76. The van der Waals surface area contributed by atoms with Gasteiger partial charge in [-0.25, -0.2) is 9.13 Å². The summed E-state index contributed by atoms with van der Waals surface area (Å²) in [5.41, 5.74) is 0. The van der Waals surface area contributed by atoms with E-state index in [-0.39, 0.29) is 25.7 Å². The molecule has 0 aliphatic rings. The third-order valence-corrected chi connectivity index (χ3v) is 20.6. The van der Waals surface area contributed by atoms with Crippen LogP contribution in [0.25, 0.3) is 0 Å². The number of aliphatic hydroxyl groups is 1. The molecule has 0 fully saturated rings. The average molecular weight is 1440 g/mol. The van der Waals surface area contributed by atoms with Crippen molar-refractivity contribution in [3.05, 3.63) is 0 Å². The maximum Gasteiger partial charge on any atom is 0.472 e.